The summed E-state index contributed by atoms with van der Waals surface area (Å²) < 4.78 is 29.2. The van der Waals surface area contributed by atoms with Crippen LogP contribution < -0.4 is 10.1 Å². The minimum Gasteiger partial charge on any atom is -0.491 e. The van der Waals surface area contributed by atoms with Crippen LogP contribution >= 0.6 is 0 Å². The van der Waals surface area contributed by atoms with E-state index in [1.165, 1.54) is 6.26 Å². The fraction of sp³-hybridized carbons (Fsp3) is 0.625. The van der Waals surface area contributed by atoms with E-state index in [1.54, 1.807) is 18.2 Å². The molecule has 6 heteroatoms. The van der Waals surface area contributed by atoms with Crippen LogP contribution in [0, 0.1) is 0 Å². The van der Waals surface area contributed by atoms with Crippen LogP contribution in [0.4, 0.5) is 0 Å². The number of ether oxygens (including phenoxy) is 1. The summed E-state index contributed by atoms with van der Waals surface area (Å²) in [6.45, 7) is 8.51. The van der Waals surface area contributed by atoms with Crippen LogP contribution in [0.3, 0.4) is 0 Å². The molecule has 2 N–H and O–H groups in total. The molecule has 0 saturated carbocycles. The van der Waals surface area contributed by atoms with Crippen LogP contribution in [-0.4, -0.2) is 45.1 Å². The average molecular weight is 329 g/mol. The third-order valence-electron chi connectivity index (χ3n) is 3.21. The van der Waals surface area contributed by atoms with Gasteiger partial charge in [-0.15, -0.1) is 0 Å². The molecule has 0 amide bonds. The van der Waals surface area contributed by atoms with Gasteiger partial charge in [-0.2, -0.15) is 0 Å². The molecule has 0 aliphatic rings. The van der Waals surface area contributed by atoms with E-state index < -0.39 is 15.9 Å². The molecule has 1 aromatic rings. The fourth-order valence-electron chi connectivity index (χ4n) is 2.03. The highest BCUT2D eigenvalue weighted by Gasteiger charge is 2.17. The van der Waals surface area contributed by atoms with Crippen LogP contribution in [-0.2, 0) is 9.84 Å². The predicted molar refractivity (Wildman–Crippen MR) is 88.3 cm³/mol. The molecule has 0 aliphatic heterocycles. The van der Waals surface area contributed by atoms with Gasteiger partial charge in [0, 0.05) is 18.8 Å². The lowest BCUT2D eigenvalue weighted by Crippen LogP contribution is -2.35. The van der Waals surface area contributed by atoms with Crippen LogP contribution in [0.2, 0.25) is 0 Å². The van der Waals surface area contributed by atoms with E-state index in [0.717, 1.165) is 5.56 Å². The van der Waals surface area contributed by atoms with Crippen molar-refractivity contribution in [2.75, 3.05) is 19.4 Å². The summed E-state index contributed by atoms with van der Waals surface area (Å²) in [4.78, 5) is 0.330. The zero-order chi connectivity index (χ0) is 16.9. The lowest BCUT2D eigenvalue weighted by Gasteiger charge is -2.17. The molecule has 1 rings (SSSR count). The first-order valence-electron chi connectivity index (χ1n) is 7.49. The molecule has 0 bridgehead atoms. The fourth-order valence-corrected chi connectivity index (χ4v) is 3.07. The van der Waals surface area contributed by atoms with Crippen molar-refractivity contribution >= 4 is 9.84 Å². The van der Waals surface area contributed by atoms with Crippen molar-refractivity contribution in [2.45, 2.75) is 50.7 Å². The Bertz CT molecular complexity index is 582. The van der Waals surface area contributed by atoms with Gasteiger partial charge >= 0.3 is 0 Å². The molecule has 22 heavy (non-hydrogen) atoms. The number of hydrogen-bond acceptors (Lipinski definition) is 5. The first kappa shape index (κ1) is 18.9. The summed E-state index contributed by atoms with van der Waals surface area (Å²) in [6, 6.07) is 5.24. The van der Waals surface area contributed by atoms with Gasteiger partial charge in [0.15, 0.2) is 9.84 Å². The number of aliphatic hydroxyl groups excluding tert-OH is 1. The summed E-state index contributed by atoms with van der Waals surface area (Å²) in [5.74, 6) is 0.639. The molecule has 126 valence electrons. The minimum absolute atomic E-state index is 0.0702. The highest BCUT2D eigenvalue weighted by atomic mass is 32.2. The topological polar surface area (TPSA) is 75.6 Å². The first-order chi connectivity index (χ1) is 10.1. The minimum atomic E-state index is -3.26. The number of rotatable bonds is 8. The van der Waals surface area contributed by atoms with E-state index in [4.69, 9.17) is 4.74 Å². The Hall–Kier alpha value is -1.11. The van der Waals surface area contributed by atoms with E-state index in [-0.39, 0.29) is 12.5 Å². The molecule has 0 spiro atoms. The van der Waals surface area contributed by atoms with E-state index in [1.807, 2.05) is 27.7 Å². The number of sulfone groups is 1. The molecule has 1 unspecified atom stereocenters. The Kier molecular flexibility index (Phi) is 6.84. The Morgan fingerprint density at radius 1 is 1.23 bits per heavy atom. The second-order valence-corrected chi connectivity index (χ2v) is 8.14. The maximum Gasteiger partial charge on any atom is 0.175 e. The molecule has 0 heterocycles. The van der Waals surface area contributed by atoms with Gasteiger partial charge in [0.05, 0.1) is 4.90 Å². The number of hydrogen-bond donors (Lipinski definition) is 2. The van der Waals surface area contributed by atoms with Crippen LogP contribution in [0.25, 0.3) is 0 Å². The van der Waals surface area contributed by atoms with Crippen molar-refractivity contribution in [1.29, 1.82) is 0 Å². The molecule has 1 aromatic carbocycles. The molecular weight excluding hydrogens is 302 g/mol. The monoisotopic (exact) mass is 329 g/mol. The molecular formula is C16H27NO4S. The van der Waals surface area contributed by atoms with Crippen molar-refractivity contribution in [3.05, 3.63) is 23.8 Å². The van der Waals surface area contributed by atoms with Crippen molar-refractivity contribution in [2.24, 2.45) is 0 Å². The molecule has 1 atom stereocenters. The number of nitrogens with one attached hydrogen (secondary N) is 1. The number of benzene rings is 1. The van der Waals surface area contributed by atoms with Crippen molar-refractivity contribution < 1.29 is 18.3 Å². The van der Waals surface area contributed by atoms with Crippen molar-refractivity contribution in [1.82, 2.24) is 5.32 Å². The van der Waals surface area contributed by atoms with E-state index in [9.17, 15) is 13.5 Å². The molecule has 0 saturated heterocycles. The summed E-state index contributed by atoms with van der Waals surface area (Å²) in [5.41, 5.74) is 0.731. The zero-order valence-electron chi connectivity index (χ0n) is 14.0. The van der Waals surface area contributed by atoms with Gasteiger partial charge in [0.2, 0.25) is 0 Å². The van der Waals surface area contributed by atoms with Gasteiger partial charge in [0.1, 0.15) is 18.5 Å². The Balaban J connectivity index is 2.79. The summed E-state index contributed by atoms with van der Waals surface area (Å²) >= 11 is 0. The highest BCUT2D eigenvalue weighted by Crippen LogP contribution is 2.28. The maximum absolute atomic E-state index is 11.8. The van der Waals surface area contributed by atoms with Gasteiger partial charge in [-0.25, -0.2) is 8.42 Å². The molecule has 5 nitrogen and oxygen atoms in total. The van der Waals surface area contributed by atoms with Gasteiger partial charge in [0.25, 0.3) is 0 Å². The summed E-state index contributed by atoms with van der Waals surface area (Å²) in [7, 11) is -3.26. The SMILES string of the molecule is CC(C)NCC(O)COc1ccc(S(C)(=O)=O)c(C(C)C)c1. The highest BCUT2D eigenvalue weighted by molar-refractivity contribution is 7.90. The smallest absolute Gasteiger partial charge is 0.175 e. The average Bonchev–Trinajstić information content (AvgIpc) is 2.41. The van der Waals surface area contributed by atoms with E-state index in [2.05, 4.69) is 5.32 Å². The lowest BCUT2D eigenvalue weighted by atomic mass is 10.0. The largest absolute Gasteiger partial charge is 0.491 e. The molecule has 0 aliphatic carbocycles. The maximum atomic E-state index is 11.8. The third kappa shape index (κ3) is 5.94. The zero-order valence-corrected chi connectivity index (χ0v) is 14.8. The normalized spacial score (nSPS) is 13.6. The van der Waals surface area contributed by atoms with Crippen molar-refractivity contribution in [3.63, 3.8) is 0 Å². The summed E-state index contributed by atoms with van der Waals surface area (Å²) in [5, 5.41) is 13.0. The number of aliphatic hydroxyl groups is 1. The Morgan fingerprint density at radius 2 is 1.86 bits per heavy atom. The van der Waals surface area contributed by atoms with Gasteiger partial charge in [-0.05, 0) is 29.7 Å². The first-order valence-corrected chi connectivity index (χ1v) is 9.38. The molecule has 0 fully saturated rings. The second kappa shape index (κ2) is 7.94. The second-order valence-electron chi connectivity index (χ2n) is 6.15. The molecule has 0 aromatic heterocycles. The lowest BCUT2D eigenvalue weighted by molar-refractivity contribution is 0.104. The van der Waals surface area contributed by atoms with Crippen LogP contribution in [0.5, 0.6) is 5.75 Å². The summed E-state index contributed by atoms with van der Waals surface area (Å²) in [6.07, 6.45) is 0.593. The van der Waals surface area contributed by atoms with E-state index in [0.29, 0.717) is 23.2 Å². The van der Waals surface area contributed by atoms with Crippen LogP contribution in [0.1, 0.15) is 39.2 Å². The van der Waals surface area contributed by atoms with Gasteiger partial charge in [-0.3, -0.25) is 0 Å². The van der Waals surface area contributed by atoms with Crippen LogP contribution in [0.15, 0.2) is 23.1 Å². The standard InChI is InChI=1S/C16H27NO4S/c1-11(2)15-8-14(6-7-16(15)22(5,19)20)21-10-13(18)9-17-12(3)4/h6-8,11-13,17-18H,9-10H2,1-5H3. The molecule has 0 radical (unpaired) electrons. The Morgan fingerprint density at radius 3 is 2.36 bits per heavy atom. The van der Waals surface area contributed by atoms with E-state index >= 15 is 0 Å². The van der Waals surface area contributed by atoms with Gasteiger partial charge < -0.3 is 15.2 Å². The third-order valence-corrected chi connectivity index (χ3v) is 4.38. The quantitative estimate of drug-likeness (QED) is 0.762. The van der Waals surface area contributed by atoms with Crippen molar-refractivity contribution in [3.8, 4) is 5.75 Å². The Labute approximate surface area is 133 Å². The van der Waals surface area contributed by atoms with Gasteiger partial charge in [-0.1, -0.05) is 27.7 Å². The predicted octanol–water partition coefficient (Wildman–Crippen LogP) is 1.95.